The summed E-state index contributed by atoms with van der Waals surface area (Å²) in [5, 5.41) is 2.35. The van der Waals surface area contributed by atoms with Crippen molar-refractivity contribution in [1.29, 1.82) is 0 Å². The second-order valence-electron chi connectivity index (χ2n) is 6.78. The molecule has 0 aliphatic carbocycles. The van der Waals surface area contributed by atoms with Gasteiger partial charge in [0.05, 0.1) is 5.69 Å². The Morgan fingerprint density at radius 3 is 2.70 bits per heavy atom. The van der Waals surface area contributed by atoms with Crippen LogP contribution in [0.4, 0.5) is 20.4 Å². The van der Waals surface area contributed by atoms with E-state index in [1.165, 1.54) is 0 Å². The van der Waals surface area contributed by atoms with E-state index >= 15 is 0 Å². The number of aryl methyl sites for hydroxylation is 1. The van der Waals surface area contributed by atoms with E-state index in [4.69, 9.17) is 4.74 Å². The number of halogens is 2. The molecular weight excluding hydrogens is 354 g/mol. The Morgan fingerprint density at radius 2 is 2.00 bits per heavy atom. The molecule has 3 rings (SSSR count). The van der Waals surface area contributed by atoms with E-state index in [9.17, 15) is 13.6 Å². The quantitative estimate of drug-likeness (QED) is 0.867. The molecule has 1 saturated heterocycles. The van der Waals surface area contributed by atoms with Gasteiger partial charge in [0.15, 0.2) is 6.61 Å². The van der Waals surface area contributed by atoms with Gasteiger partial charge in [-0.25, -0.2) is 13.8 Å². The van der Waals surface area contributed by atoms with Gasteiger partial charge in [-0.05, 0) is 37.8 Å². The molecule has 1 aromatic carbocycles. The number of rotatable bonds is 5. The minimum atomic E-state index is -0.845. The molecule has 0 atom stereocenters. The summed E-state index contributed by atoms with van der Waals surface area (Å²) in [5.74, 6) is -0.559. The standard InChI is InChI=1S/C19H22F2N4O2/c1-12-5-7-25(8-6-12)19-22-13(2)9-18(24-19)27-11-17(26)23-16-4-3-14(20)10-15(16)21/h3-4,9-10,12H,5-8,11H2,1-2H3,(H,23,26). The highest BCUT2D eigenvalue weighted by Gasteiger charge is 2.19. The van der Waals surface area contributed by atoms with Gasteiger partial charge in [-0.1, -0.05) is 6.92 Å². The van der Waals surface area contributed by atoms with Crippen LogP contribution < -0.4 is 15.0 Å². The van der Waals surface area contributed by atoms with Crippen molar-refractivity contribution in [2.24, 2.45) is 5.92 Å². The van der Waals surface area contributed by atoms with Gasteiger partial charge in [0.25, 0.3) is 5.91 Å². The minimum absolute atomic E-state index is 0.105. The fourth-order valence-electron chi connectivity index (χ4n) is 2.87. The average molecular weight is 376 g/mol. The zero-order valence-corrected chi connectivity index (χ0v) is 15.3. The van der Waals surface area contributed by atoms with Gasteiger partial charge in [-0.2, -0.15) is 4.98 Å². The molecular formula is C19H22F2N4O2. The van der Waals surface area contributed by atoms with Gasteiger partial charge in [-0.3, -0.25) is 4.79 Å². The Bertz CT molecular complexity index is 823. The lowest BCUT2D eigenvalue weighted by molar-refractivity contribution is -0.118. The number of piperidine rings is 1. The molecule has 0 saturated carbocycles. The molecule has 1 fully saturated rings. The molecule has 1 aromatic heterocycles. The third-order valence-corrected chi connectivity index (χ3v) is 4.44. The number of ether oxygens (including phenoxy) is 1. The van der Waals surface area contributed by atoms with Crippen LogP contribution in [0.3, 0.4) is 0 Å². The van der Waals surface area contributed by atoms with Crippen LogP contribution in [0, 0.1) is 24.5 Å². The zero-order chi connectivity index (χ0) is 19.4. The normalized spacial score (nSPS) is 14.9. The Balaban J connectivity index is 1.61. The minimum Gasteiger partial charge on any atom is -0.467 e. The number of carbonyl (C=O) groups is 1. The number of aromatic nitrogens is 2. The second-order valence-corrected chi connectivity index (χ2v) is 6.78. The van der Waals surface area contributed by atoms with Crippen molar-refractivity contribution in [1.82, 2.24) is 9.97 Å². The molecule has 2 heterocycles. The van der Waals surface area contributed by atoms with Crippen LogP contribution in [0.1, 0.15) is 25.5 Å². The lowest BCUT2D eigenvalue weighted by atomic mass is 10.00. The van der Waals surface area contributed by atoms with Crippen LogP contribution in [0.25, 0.3) is 0 Å². The number of nitrogens with one attached hydrogen (secondary N) is 1. The summed E-state index contributed by atoms with van der Waals surface area (Å²) in [4.78, 5) is 22.9. The summed E-state index contributed by atoms with van der Waals surface area (Å²) < 4.78 is 32.0. The van der Waals surface area contributed by atoms with Crippen molar-refractivity contribution in [3.05, 3.63) is 41.6 Å². The molecule has 1 aliphatic heterocycles. The smallest absolute Gasteiger partial charge is 0.262 e. The summed E-state index contributed by atoms with van der Waals surface area (Å²) in [6, 6.07) is 4.57. The first-order valence-corrected chi connectivity index (χ1v) is 8.89. The van der Waals surface area contributed by atoms with E-state index in [2.05, 4.69) is 27.1 Å². The third-order valence-electron chi connectivity index (χ3n) is 4.44. The molecule has 2 aromatic rings. The second kappa shape index (κ2) is 8.28. The van der Waals surface area contributed by atoms with Crippen LogP contribution in [0.15, 0.2) is 24.3 Å². The monoisotopic (exact) mass is 376 g/mol. The van der Waals surface area contributed by atoms with Crippen LogP contribution in [0.2, 0.25) is 0 Å². The lowest BCUT2D eigenvalue weighted by Gasteiger charge is -2.30. The maximum Gasteiger partial charge on any atom is 0.262 e. The predicted molar refractivity (Wildman–Crippen MR) is 97.9 cm³/mol. The molecule has 0 spiro atoms. The number of anilines is 2. The molecule has 6 nitrogen and oxygen atoms in total. The highest BCUT2D eigenvalue weighted by molar-refractivity contribution is 5.91. The molecule has 27 heavy (non-hydrogen) atoms. The third kappa shape index (κ3) is 5.12. The number of hydrogen-bond acceptors (Lipinski definition) is 5. The molecule has 0 bridgehead atoms. The largest absolute Gasteiger partial charge is 0.467 e. The van der Waals surface area contributed by atoms with Crippen LogP contribution in [-0.4, -0.2) is 35.6 Å². The number of nitrogens with zero attached hydrogens (tertiary/aromatic N) is 3. The highest BCUT2D eigenvalue weighted by atomic mass is 19.1. The molecule has 0 unspecified atom stereocenters. The van der Waals surface area contributed by atoms with Crippen LogP contribution in [-0.2, 0) is 4.79 Å². The Morgan fingerprint density at radius 1 is 1.26 bits per heavy atom. The molecule has 8 heteroatoms. The highest BCUT2D eigenvalue weighted by Crippen LogP contribution is 2.22. The van der Waals surface area contributed by atoms with Crippen molar-refractivity contribution >= 4 is 17.5 Å². The van der Waals surface area contributed by atoms with E-state index in [1.54, 1.807) is 6.07 Å². The van der Waals surface area contributed by atoms with Crippen molar-refractivity contribution in [2.75, 3.05) is 29.9 Å². The first-order chi connectivity index (χ1) is 12.9. The molecule has 1 N–H and O–H groups in total. The van der Waals surface area contributed by atoms with Crippen molar-refractivity contribution in [3.8, 4) is 5.88 Å². The van der Waals surface area contributed by atoms with Gasteiger partial charge >= 0.3 is 0 Å². The van der Waals surface area contributed by atoms with Crippen molar-refractivity contribution < 1.29 is 18.3 Å². The lowest BCUT2D eigenvalue weighted by Crippen LogP contribution is -2.34. The van der Waals surface area contributed by atoms with Gasteiger partial charge in [0.1, 0.15) is 11.6 Å². The Hall–Kier alpha value is -2.77. The topological polar surface area (TPSA) is 67.3 Å². The summed E-state index contributed by atoms with van der Waals surface area (Å²) in [7, 11) is 0. The van der Waals surface area contributed by atoms with E-state index in [-0.39, 0.29) is 18.2 Å². The number of hydrogen-bond donors (Lipinski definition) is 1. The number of amides is 1. The SMILES string of the molecule is Cc1cc(OCC(=O)Nc2ccc(F)cc2F)nc(N2CCC(C)CC2)n1. The number of benzene rings is 1. The van der Waals surface area contributed by atoms with E-state index in [1.807, 2.05) is 6.92 Å². The zero-order valence-electron chi connectivity index (χ0n) is 15.3. The molecule has 0 radical (unpaired) electrons. The summed E-state index contributed by atoms with van der Waals surface area (Å²) in [5.41, 5.74) is 0.630. The van der Waals surface area contributed by atoms with Gasteiger partial charge in [0, 0.05) is 30.9 Å². The maximum atomic E-state index is 13.6. The Labute approximate surface area is 156 Å². The van der Waals surface area contributed by atoms with E-state index < -0.39 is 17.5 Å². The van der Waals surface area contributed by atoms with E-state index in [0.717, 1.165) is 43.8 Å². The average Bonchev–Trinajstić information content (AvgIpc) is 2.62. The Kier molecular flexibility index (Phi) is 5.83. The van der Waals surface area contributed by atoms with Crippen molar-refractivity contribution in [2.45, 2.75) is 26.7 Å². The first kappa shape index (κ1) is 19.0. The van der Waals surface area contributed by atoms with Gasteiger partial charge in [-0.15, -0.1) is 0 Å². The first-order valence-electron chi connectivity index (χ1n) is 8.89. The van der Waals surface area contributed by atoms with Gasteiger partial charge in [0.2, 0.25) is 11.8 Å². The van der Waals surface area contributed by atoms with E-state index in [0.29, 0.717) is 17.9 Å². The summed E-state index contributed by atoms with van der Waals surface area (Å²) >= 11 is 0. The molecule has 1 amide bonds. The van der Waals surface area contributed by atoms with Crippen LogP contribution >= 0.6 is 0 Å². The molecule has 1 aliphatic rings. The summed E-state index contributed by atoms with van der Waals surface area (Å²) in [6.07, 6.45) is 2.16. The van der Waals surface area contributed by atoms with Crippen molar-refractivity contribution in [3.63, 3.8) is 0 Å². The number of carbonyl (C=O) groups excluding carboxylic acids is 1. The molecule has 144 valence electrons. The maximum absolute atomic E-state index is 13.6. The summed E-state index contributed by atoms with van der Waals surface area (Å²) in [6.45, 7) is 5.48. The van der Waals surface area contributed by atoms with Gasteiger partial charge < -0.3 is 15.0 Å². The fraction of sp³-hybridized carbons (Fsp3) is 0.421. The predicted octanol–water partition coefficient (Wildman–Crippen LogP) is 3.32. The fourth-order valence-corrected chi connectivity index (χ4v) is 2.87. The van der Waals surface area contributed by atoms with Crippen LogP contribution in [0.5, 0.6) is 5.88 Å².